The normalized spacial score (nSPS) is 11.4. The Morgan fingerprint density at radius 2 is 1.54 bits per heavy atom. The van der Waals surface area contributed by atoms with Crippen LogP contribution in [0.3, 0.4) is 0 Å². The molecule has 0 bridgehead atoms. The van der Waals surface area contributed by atoms with Crippen molar-refractivity contribution in [2.75, 3.05) is 7.11 Å². The van der Waals surface area contributed by atoms with E-state index in [4.69, 9.17) is 9.47 Å². The van der Waals surface area contributed by atoms with E-state index < -0.39 is 18.1 Å². The Hall–Kier alpha value is -2.86. The molecule has 1 amide bonds. The molecule has 0 aliphatic rings. The molecule has 0 aliphatic carbocycles. The molecule has 0 aromatic heterocycles. The smallest absolute Gasteiger partial charge is 0.421 e. The van der Waals surface area contributed by atoms with Gasteiger partial charge in [-0.2, -0.15) is 0 Å². The third kappa shape index (κ3) is 5.73. The van der Waals surface area contributed by atoms with Gasteiger partial charge in [-0.1, -0.05) is 60.7 Å². The first-order valence-corrected chi connectivity index (χ1v) is 7.53. The number of rotatable bonds is 7. The molecule has 24 heavy (non-hydrogen) atoms. The van der Waals surface area contributed by atoms with Gasteiger partial charge < -0.3 is 9.47 Å². The van der Waals surface area contributed by atoms with Crippen LogP contribution in [-0.2, 0) is 27.3 Å². The van der Waals surface area contributed by atoms with Crippen LogP contribution in [0, 0.1) is 0 Å². The second-order valence-electron chi connectivity index (χ2n) is 5.10. The molecule has 2 aromatic carbocycles. The number of hydrogen-bond acceptors (Lipinski definition) is 5. The molecule has 6 heteroatoms. The number of carbonyl (C=O) groups excluding carboxylic acids is 2. The summed E-state index contributed by atoms with van der Waals surface area (Å²) >= 11 is 0. The molecule has 2 aromatic rings. The van der Waals surface area contributed by atoms with Gasteiger partial charge in [-0.3, -0.25) is 10.2 Å². The van der Waals surface area contributed by atoms with Crippen molar-refractivity contribution in [3.05, 3.63) is 71.8 Å². The molecule has 0 saturated heterocycles. The van der Waals surface area contributed by atoms with Gasteiger partial charge in [-0.15, -0.1) is 0 Å². The molecule has 1 atom stereocenters. The van der Waals surface area contributed by atoms with E-state index in [2.05, 4.69) is 10.9 Å². The van der Waals surface area contributed by atoms with Crippen LogP contribution in [0.5, 0.6) is 0 Å². The number of nitrogens with one attached hydrogen (secondary N) is 2. The minimum Gasteiger partial charge on any atom is -0.468 e. The Bertz CT molecular complexity index is 647. The van der Waals surface area contributed by atoms with Crippen molar-refractivity contribution in [2.45, 2.75) is 19.1 Å². The van der Waals surface area contributed by atoms with Crippen LogP contribution in [0.2, 0.25) is 0 Å². The lowest BCUT2D eigenvalue weighted by Crippen LogP contribution is -2.49. The number of benzene rings is 2. The number of amides is 1. The summed E-state index contributed by atoms with van der Waals surface area (Å²) in [6, 6.07) is 18.1. The summed E-state index contributed by atoms with van der Waals surface area (Å²) in [5.74, 6) is -0.470. The topological polar surface area (TPSA) is 76.7 Å². The van der Waals surface area contributed by atoms with E-state index in [0.29, 0.717) is 6.42 Å². The second kappa shape index (κ2) is 9.32. The van der Waals surface area contributed by atoms with E-state index in [-0.39, 0.29) is 6.61 Å². The highest BCUT2D eigenvalue weighted by Gasteiger charge is 2.20. The van der Waals surface area contributed by atoms with Crippen molar-refractivity contribution in [2.24, 2.45) is 0 Å². The van der Waals surface area contributed by atoms with Gasteiger partial charge in [0.15, 0.2) is 0 Å². The highest BCUT2D eigenvalue weighted by molar-refractivity contribution is 5.76. The predicted octanol–water partition coefficient (Wildman–Crippen LogP) is 2.20. The van der Waals surface area contributed by atoms with Crippen molar-refractivity contribution < 1.29 is 19.1 Å². The van der Waals surface area contributed by atoms with Crippen molar-refractivity contribution in [1.82, 2.24) is 10.9 Å². The predicted molar refractivity (Wildman–Crippen MR) is 88.8 cm³/mol. The van der Waals surface area contributed by atoms with Crippen LogP contribution in [0.15, 0.2) is 60.7 Å². The fourth-order valence-electron chi connectivity index (χ4n) is 2.09. The van der Waals surface area contributed by atoms with Crippen molar-refractivity contribution in [3.63, 3.8) is 0 Å². The van der Waals surface area contributed by atoms with Crippen molar-refractivity contribution in [3.8, 4) is 0 Å². The minimum absolute atomic E-state index is 0.149. The lowest BCUT2D eigenvalue weighted by molar-refractivity contribution is -0.143. The van der Waals surface area contributed by atoms with Gasteiger partial charge in [0.1, 0.15) is 12.6 Å². The van der Waals surface area contributed by atoms with E-state index in [1.807, 2.05) is 60.7 Å². The summed E-state index contributed by atoms with van der Waals surface area (Å²) < 4.78 is 9.83. The van der Waals surface area contributed by atoms with E-state index in [1.54, 1.807) is 0 Å². The van der Waals surface area contributed by atoms with E-state index in [9.17, 15) is 9.59 Å². The van der Waals surface area contributed by atoms with Gasteiger partial charge in [-0.25, -0.2) is 10.2 Å². The van der Waals surface area contributed by atoms with Crippen LogP contribution in [0.25, 0.3) is 0 Å². The average Bonchev–Trinajstić information content (AvgIpc) is 2.64. The van der Waals surface area contributed by atoms with E-state index in [1.165, 1.54) is 7.11 Å². The number of carbonyl (C=O) groups is 2. The Morgan fingerprint density at radius 3 is 2.12 bits per heavy atom. The Kier molecular flexibility index (Phi) is 6.79. The molecule has 2 rings (SSSR count). The van der Waals surface area contributed by atoms with Crippen LogP contribution < -0.4 is 10.9 Å². The largest absolute Gasteiger partial charge is 0.468 e. The maximum Gasteiger partial charge on any atom is 0.421 e. The van der Waals surface area contributed by atoms with Gasteiger partial charge in [-0.05, 0) is 11.1 Å². The standard InChI is InChI=1S/C18H20N2O4/c1-23-17(21)16(12-14-8-4-2-5-9-14)19-20-18(22)24-13-15-10-6-3-7-11-15/h2-11,16,19H,12-13H2,1H3,(H,20,22). The summed E-state index contributed by atoms with van der Waals surface area (Å²) in [4.78, 5) is 23.6. The second-order valence-corrected chi connectivity index (χ2v) is 5.10. The average molecular weight is 328 g/mol. The first-order valence-electron chi connectivity index (χ1n) is 7.53. The fraction of sp³-hybridized carbons (Fsp3) is 0.222. The third-order valence-electron chi connectivity index (χ3n) is 3.33. The first kappa shape index (κ1) is 17.5. The Morgan fingerprint density at radius 1 is 0.958 bits per heavy atom. The van der Waals surface area contributed by atoms with Gasteiger partial charge >= 0.3 is 12.1 Å². The number of esters is 1. The van der Waals surface area contributed by atoms with Gasteiger partial charge in [0.25, 0.3) is 0 Å². The number of hydrazine groups is 1. The SMILES string of the molecule is COC(=O)C(Cc1ccccc1)NNC(=O)OCc1ccccc1. The molecule has 2 N–H and O–H groups in total. The highest BCUT2D eigenvalue weighted by Crippen LogP contribution is 2.04. The molecule has 6 nitrogen and oxygen atoms in total. The summed E-state index contributed by atoms with van der Waals surface area (Å²) in [6.45, 7) is 0.149. The molecule has 0 aliphatic heterocycles. The molecule has 0 saturated carbocycles. The zero-order valence-electron chi connectivity index (χ0n) is 13.4. The number of methoxy groups -OCH3 is 1. The Labute approximate surface area is 140 Å². The zero-order valence-corrected chi connectivity index (χ0v) is 13.4. The maximum absolute atomic E-state index is 11.8. The highest BCUT2D eigenvalue weighted by atomic mass is 16.6. The van der Waals surface area contributed by atoms with Crippen LogP contribution >= 0.6 is 0 Å². The monoisotopic (exact) mass is 328 g/mol. The van der Waals surface area contributed by atoms with Crippen molar-refractivity contribution in [1.29, 1.82) is 0 Å². The van der Waals surface area contributed by atoms with Gasteiger partial charge in [0.05, 0.1) is 7.11 Å². The van der Waals surface area contributed by atoms with Gasteiger partial charge in [0, 0.05) is 6.42 Å². The minimum atomic E-state index is -0.707. The van der Waals surface area contributed by atoms with Crippen LogP contribution in [0.4, 0.5) is 4.79 Å². The Balaban J connectivity index is 1.83. The summed E-state index contributed by atoms with van der Waals surface area (Å²) in [5, 5.41) is 0. The maximum atomic E-state index is 11.8. The molecule has 0 fully saturated rings. The summed E-state index contributed by atoms with van der Waals surface area (Å²) in [5.41, 5.74) is 6.85. The molecule has 0 radical (unpaired) electrons. The van der Waals surface area contributed by atoms with Crippen LogP contribution in [0.1, 0.15) is 11.1 Å². The molecular weight excluding hydrogens is 308 g/mol. The quantitative estimate of drug-likeness (QED) is 0.602. The summed E-state index contributed by atoms with van der Waals surface area (Å²) in [7, 11) is 1.30. The van der Waals surface area contributed by atoms with E-state index >= 15 is 0 Å². The zero-order chi connectivity index (χ0) is 17.2. The summed E-state index contributed by atoms with van der Waals surface area (Å²) in [6.07, 6.45) is -0.284. The fourth-order valence-corrected chi connectivity index (χ4v) is 2.09. The number of ether oxygens (including phenoxy) is 2. The molecule has 1 unspecified atom stereocenters. The van der Waals surface area contributed by atoms with E-state index in [0.717, 1.165) is 11.1 Å². The first-order chi connectivity index (χ1) is 11.7. The third-order valence-corrected chi connectivity index (χ3v) is 3.33. The van der Waals surface area contributed by atoms with Crippen LogP contribution in [-0.4, -0.2) is 25.2 Å². The molecule has 0 spiro atoms. The van der Waals surface area contributed by atoms with Gasteiger partial charge in [0.2, 0.25) is 0 Å². The lowest BCUT2D eigenvalue weighted by atomic mass is 10.1. The molecule has 126 valence electrons. The molecular formula is C18H20N2O4. The molecule has 0 heterocycles. The number of hydrogen-bond donors (Lipinski definition) is 2. The van der Waals surface area contributed by atoms with Crippen molar-refractivity contribution >= 4 is 12.1 Å². The lowest BCUT2D eigenvalue weighted by Gasteiger charge is -2.17.